The third kappa shape index (κ3) is 3.09. The molecule has 8 heteroatoms. The summed E-state index contributed by atoms with van der Waals surface area (Å²) in [5.41, 5.74) is 2.80. The number of aromatic nitrogens is 2. The van der Waals surface area contributed by atoms with Crippen LogP contribution in [0.4, 0.5) is 17.2 Å². The molecule has 1 aromatic heterocycles. The topological polar surface area (TPSA) is 92.3 Å². The molecular formula is C16H18N4O3S. The average Bonchev–Trinajstić information content (AvgIpc) is 2.52. The zero-order chi connectivity index (χ0) is 17.5. The van der Waals surface area contributed by atoms with Gasteiger partial charge in [-0.3, -0.25) is 4.79 Å². The average molecular weight is 346 g/mol. The molecule has 1 aromatic carbocycles. The van der Waals surface area contributed by atoms with Crippen molar-refractivity contribution < 1.29 is 13.2 Å². The lowest BCUT2D eigenvalue weighted by Gasteiger charge is -2.30. The largest absolute Gasteiger partial charge is 0.339 e. The summed E-state index contributed by atoms with van der Waals surface area (Å²) in [6.07, 6.45) is 1.57. The van der Waals surface area contributed by atoms with E-state index < -0.39 is 9.84 Å². The number of carbonyl (C=O) groups is 1. The van der Waals surface area contributed by atoms with Crippen LogP contribution < -0.4 is 10.2 Å². The molecule has 0 fully saturated rings. The first kappa shape index (κ1) is 16.4. The smallest absolute Gasteiger partial charge is 0.227 e. The summed E-state index contributed by atoms with van der Waals surface area (Å²) in [6.45, 7) is 2.02. The first-order valence-electron chi connectivity index (χ1n) is 7.47. The standard InChI is InChI=1S/C16H18N4O3S/c1-10-8-16(21)20(2)13-5-4-11(9-12(10)13)17-14-6-7-15(19-18-14)24(3,22)23/h4-7,9-10H,8H2,1-3H3,(H,17,18). The molecule has 7 nitrogen and oxygen atoms in total. The van der Waals surface area contributed by atoms with Gasteiger partial charge in [0.2, 0.25) is 5.91 Å². The molecule has 0 bridgehead atoms. The van der Waals surface area contributed by atoms with Crippen LogP contribution in [-0.2, 0) is 14.6 Å². The van der Waals surface area contributed by atoms with Crippen LogP contribution in [0.1, 0.15) is 24.8 Å². The van der Waals surface area contributed by atoms with Crippen molar-refractivity contribution in [3.8, 4) is 0 Å². The molecule has 0 saturated heterocycles. The summed E-state index contributed by atoms with van der Waals surface area (Å²) in [6, 6.07) is 8.71. The Bertz CT molecular complexity index is 894. The maximum Gasteiger partial charge on any atom is 0.227 e. The van der Waals surface area contributed by atoms with Crippen LogP contribution in [0.25, 0.3) is 0 Å². The molecule has 0 saturated carbocycles. The van der Waals surface area contributed by atoms with Gasteiger partial charge in [-0.15, -0.1) is 10.2 Å². The number of benzene rings is 1. The number of fused-ring (bicyclic) bond motifs is 1. The highest BCUT2D eigenvalue weighted by Gasteiger charge is 2.26. The molecule has 3 rings (SSSR count). The van der Waals surface area contributed by atoms with Crippen molar-refractivity contribution in [3.63, 3.8) is 0 Å². The number of amides is 1. The van der Waals surface area contributed by atoms with Crippen molar-refractivity contribution in [2.75, 3.05) is 23.5 Å². The Morgan fingerprint density at radius 2 is 1.96 bits per heavy atom. The monoisotopic (exact) mass is 346 g/mol. The first-order valence-corrected chi connectivity index (χ1v) is 9.36. The van der Waals surface area contributed by atoms with Gasteiger partial charge in [-0.2, -0.15) is 0 Å². The fraction of sp³-hybridized carbons (Fsp3) is 0.312. The van der Waals surface area contributed by atoms with E-state index in [0.717, 1.165) is 23.2 Å². The summed E-state index contributed by atoms with van der Waals surface area (Å²) in [7, 11) is -1.59. The normalized spacial score (nSPS) is 17.5. The fourth-order valence-corrected chi connectivity index (χ4v) is 3.21. The van der Waals surface area contributed by atoms with Gasteiger partial charge in [-0.1, -0.05) is 6.92 Å². The lowest BCUT2D eigenvalue weighted by atomic mass is 9.91. The predicted molar refractivity (Wildman–Crippen MR) is 91.3 cm³/mol. The number of nitrogens with zero attached hydrogens (tertiary/aromatic N) is 3. The van der Waals surface area contributed by atoms with Gasteiger partial charge in [0.1, 0.15) is 0 Å². The minimum atomic E-state index is -3.36. The molecule has 2 heterocycles. The highest BCUT2D eigenvalue weighted by Crippen LogP contribution is 2.36. The maximum atomic E-state index is 11.9. The van der Waals surface area contributed by atoms with E-state index in [1.165, 1.54) is 6.07 Å². The second-order valence-electron chi connectivity index (χ2n) is 5.99. The quantitative estimate of drug-likeness (QED) is 0.915. The van der Waals surface area contributed by atoms with Gasteiger partial charge in [0.15, 0.2) is 20.7 Å². The molecule has 1 aliphatic rings. The summed E-state index contributed by atoms with van der Waals surface area (Å²) >= 11 is 0. The van der Waals surface area contributed by atoms with Gasteiger partial charge in [0.25, 0.3) is 0 Å². The van der Waals surface area contributed by atoms with Gasteiger partial charge < -0.3 is 10.2 Å². The summed E-state index contributed by atoms with van der Waals surface area (Å²) in [5, 5.41) is 10.7. The second-order valence-corrected chi connectivity index (χ2v) is 7.95. The van der Waals surface area contributed by atoms with Crippen molar-refractivity contribution in [1.29, 1.82) is 0 Å². The number of nitrogens with one attached hydrogen (secondary N) is 1. The highest BCUT2D eigenvalue weighted by atomic mass is 32.2. The third-order valence-electron chi connectivity index (χ3n) is 4.07. The summed E-state index contributed by atoms with van der Waals surface area (Å²) in [4.78, 5) is 13.6. The number of carbonyl (C=O) groups excluding carboxylic acids is 1. The van der Waals surface area contributed by atoms with Crippen molar-refractivity contribution in [3.05, 3.63) is 35.9 Å². The SMILES string of the molecule is CC1CC(=O)N(C)c2ccc(Nc3ccc(S(C)(=O)=O)nn3)cc21. The van der Waals surface area contributed by atoms with E-state index in [1.807, 2.05) is 25.1 Å². The molecule has 126 valence electrons. The summed E-state index contributed by atoms with van der Waals surface area (Å²) < 4.78 is 22.8. The molecule has 24 heavy (non-hydrogen) atoms. The number of rotatable bonds is 3. The van der Waals surface area contributed by atoms with E-state index in [9.17, 15) is 13.2 Å². The van der Waals surface area contributed by atoms with E-state index in [1.54, 1.807) is 18.0 Å². The Balaban J connectivity index is 1.87. The molecule has 1 aliphatic heterocycles. The number of hydrogen-bond acceptors (Lipinski definition) is 6. The zero-order valence-corrected chi connectivity index (χ0v) is 14.5. The predicted octanol–water partition coefficient (Wildman–Crippen LogP) is 2.09. The second kappa shape index (κ2) is 5.86. The van der Waals surface area contributed by atoms with E-state index in [-0.39, 0.29) is 16.9 Å². The molecule has 0 radical (unpaired) electrons. The molecule has 1 atom stereocenters. The van der Waals surface area contributed by atoms with Crippen molar-refractivity contribution >= 4 is 32.9 Å². The number of anilines is 3. The molecular weight excluding hydrogens is 328 g/mol. The van der Waals surface area contributed by atoms with Gasteiger partial charge in [0.05, 0.1) is 0 Å². The molecule has 0 aliphatic carbocycles. The molecule has 2 aromatic rings. The van der Waals surface area contributed by atoms with Gasteiger partial charge in [-0.25, -0.2) is 8.42 Å². The van der Waals surface area contributed by atoms with E-state index in [0.29, 0.717) is 12.2 Å². The van der Waals surface area contributed by atoms with Crippen molar-refractivity contribution in [2.24, 2.45) is 0 Å². The van der Waals surface area contributed by atoms with Crippen LogP contribution in [-0.4, -0.2) is 37.8 Å². The van der Waals surface area contributed by atoms with Gasteiger partial charge in [0, 0.05) is 31.1 Å². The lowest BCUT2D eigenvalue weighted by Crippen LogP contribution is -2.32. The highest BCUT2D eigenvalue weighted by molar-refractivity contribution is 7.90. The van der Waals surface area contributed by atoms with Gasteiger partial charge >= 0.3 is 0 Å². The zero-order valence-electron chi connectivity index (χ0n) is 13.6. The van der Waals surface area contributed by atoms with Gasteiger partial charge in [-0.05, 0) is 41.8 Å². The van der Waals surface area contributed by atoms with E-state index in [2.05, 4.69) is 15.5 Å². The Hall–Kier alpha value is -2.48. The molecule has 0 spiro atoms. The molecule has 1 N–H and O–H groups in total. The van der Waals surface area contributed by atoms with Crippen LogP contribution >= 0.6 is 0 Å². The summed E-state index contributed by atoms with van der Waals surface area (Å²) in [5.74, 6) is 0.706. The van der Waals surface area contributed by atoms with Crippen LogP contribution in [0.5, 0.6) is 0 Å². The lowest BCUT2D eigenvalue weighted by molar-refractivity contribution is -0.119. The minimum absolute atomic E-state index is 0.0627. The fourth-order valence-electron chi connectivity index (χ4n) is 2.71. The van der Waals surface area contributed by atoms with Crippen LogP contribution in [0, 0.1) is 0 Å². The Labute approximate surface area is 140 Å². The van der Waals surface area contributed by atoms with Crippen LogP contribution in [0.2, 0.25) is 0 Å². The Morgan fingerprint density at radius 3 is 2.58 bits per heavy atom. The van der Waals surface area contributed by atoms with Crippen molar-refractivity contribution in [2.45, 2.75) is 24.3 Å². The third-order valence-corrected chi connectivity index (χ3v) is 5.04. The van der Waals surface area contributed by atoms with Crippen LogP contribution in [0.15, 0.2) is 35.4 Å². The molecule has 1 amide bonds. The Kier molecular flexibility index (Phi) is 4.00. The van der Waals surface area contributed by atoms with E-state index >= 15 is 0 Å². The Morgan fingerprint density at radius 1 is 1.21 bits per heavy atom. The van der Waals surface area contributed by atoms with Crippen LogP contribution in [0.3, 0.4) is 0 Å². The number of hydrogen-bond donors (Lipinski definition) is 1. The minimum Gasteiger partial charge on any atom is -0.339 e. The molecule has 1 unspecified atom stereocenters. The maximum absolute atomic E-state index is 11.9. The van der Waals surface area contributed by atoms with Crippen molar-refractivity contribution in [1.82, 2.24) is 10.2 Å². The first-order chi connectivity index (χ1) is 11.3. The van der Waals surface area contributed by atoms with E-state index in [4.69, 9.17) is 0 Å². The number of sulfone groups is 1.